The number of aliphatic hydroxyl groups is 1. The third kappa shape index (κ3) is 3.05. The summed E-state index contributed by atoms with van der Waals surface area (Å²) in [5, 5.41) is 14.8. The molecule has 0 bridgehead atoms. The molecule has 0 saturated heterocycles. The molecule has 3 rings (SSSR count). The maximum absolute atomic E-state index is 13.7. The molecule has 0 spiro atoms. The Bertz CT molecular complexity index is 675. The highest BCUT2D eigenvalue weighted by Gasteiger charge is 2.68. The van der Waals surface area contributed by atoms with Gasteiger partial charge in [-0.15, -0.1) is 0 Å². The molecule has 1 fully saturated rings. The number of fused-ring (bicyclic) bond motifs is 1. The summed E-state index contributed by atoms with van der Waals surface area (Å²) in [5.74, 6) is -2.14. The molecule has 1 N–H and O–H groups in total. The van der Waals surface area contributed by atoms with Gasteiger partial charge >= 0.3 is 6.18 Å². The maximum atomic E-state index is 13.7. The number of hydrazone groups is 1. The van der Waals surface area contributed by atoms with Crippen molar-refractivity contribution in [3.63, 3.8) is 0 Å². The first-order chi connectivity index (χ1) is 11.7. The normalized spacial score (nSPS) is 29.3. The highest BCUT2D eigenvalue weighted by Crippen LogP contribution is 2.49. The van der Waals surface area contributed by atoms with Gasteiger partial charge in [-0.2, -0.15) is 23.3 Å². The van der Waals surface area contributed by atoms with Crippen LogP contribution in [0, 0.1) is 11.8 Å². The molecule has 1 aromatic rings. The van der Waals surface area contributed by atoms with E-state index < -0.39 is 23.7 Å². The Balaban J connectivity index is 1.85. The molecular weight excluding hydrogens is 333 g/mol. The fourth-order valence-corrected chi connectivity index (χ4v) is 3.75. The molecule has 3 atom stereocenters. The predicted molar refractivity (Wildman–Crippen MR) is 86.6 cm³/mol. The number of rotatable bonds is 3. The topological polar surface area (TPSA) is 52.9 Å². The zero-order valence-corrected chi connectivity index (χ0v) is 14.0. The van der Waals surface area contributed by atoms with E-state index in [0.29, 0.717) is 23.6 Å². The second kappa shape index (κ2) is 6.44. The maximum Gasteiger partial charge on any atom is 0.439 e. The van der Waals surface area contributed by atoms with Crippen LogP contribution < -0.4 is 0 Å². The molecule has 1 aromatic carbocycles. The van der Waals surface area contributed by atoms with Gasteiger partial charge in [-0.3, -0.25) is 4.79 Å². The number of aryl methyl sites for hydroxylation is 1. The molecule has 25 heavy (non-hydrogen) atoms. The summed E-state index contributed by atoms with van der Waals surface area (Å²) in [7, 11) is 0. The van der Waals surface area contributed by atoms with Crippen LogP contribution in [0.5, 0.6) is 0 Å². The lowest BCUT2D eigenvalue weighted by Gasteiger charge is -2.39. The quantitative estimate of drug-likeness (QED) is 0.903. The summed E-state index contributed by atoms with van der Waals surface area (Å²) in [6.07, 6.45) is -3.32. The smallest absolute Gasteiger partial charge is 0.362 e. The second-order valence-corrected chi connectivity index (χ2v) is 6.82. The average Bonchev–Trinajstić information content (AvgIpc) is 2.89. The lowest BCUT2D eigenvalue weighted by atomic mass is 9.75. The van der Waals surface area contributed by atoms with Crippen molar-refractivity contribution in [2.75, 3.05) is 0 Å². The summed E-state index contributed by atoms with van der Waals surface area (Å²) in [6.45, 7) is 1.79. The van der Waals surface area contributed by atoms with Crippen LogP contribution in [0.4, 0.5) is 13.2 Å². The Hall–Kier alpha value is -1.89. The Morgan fingerprint density at radius 1 is 1.32 bits per heavy atom. The number of nitrogens with zero attached hydrogens (tertiary/aromatic N) is 2. The number of benzene rings is 1. The number of carbonyl (C=O) groups excluding carboxylic acids is 1. The summed E-state index contributed by atoms with van der Waals surface area (Å²) in [6, 6.07) is 9.05. The van der Waals surface area contributed by atoms with E-state index in [4.69, 9.17) is 0 Å². The Kier molecular flexibility index (Phi) is 4.62. The number of hydrogen-bond donors (Lipinski definition) is 1. The number of amides is 1. The van der Waals surface area contributed by atoms with Gasteiger partial charge in [0.1, 0.15) is 0 Å². The summed E-state index contributed by atoms with van der Waals surface area (Å²) in [5.41, 5.74) is -2.09. The number of halogens is 3. The van der Waals surface area contributed by atoms with Crippen molar-refractivity contribution in [3.05, 3.63) is 35.9 Å². The zero-order chi connectivity index (χ0) is 18.2. The van der Waals surface area contributed by atoms with Gasteiger partial charge in [0.15, 0.2) is 0 Å². The highest BCUT2D eigenvalue weighted by molar-refractivity contribution is 5.94. The Morgan fingerprint density at radius 3 is 2.64 bits per heavy atom. The van der Waals surface area contributed by atoms with Crippen LogP contribution in [-0.4, -0.2) is 33.6 Å². The van der Waals surface area contributed by atoms with Crippen LogP contribution in [0.15, 0.2) is 35.4 Å². The summed E-state index contributed by atoms with van der Waals surface area (Å²) in [4.78, 5) is 12.5. The van der Waals surface area contributed by atoms with Crippen molar-refractivity contribution in [2.45, 2.75) is 50.9 Å². The predicted octanol–water partition coefficient (Wildman–Crippen LogP) is 3.50. The van der Waals surface area contributed by atoms with Gasteiger partial charge in [0.05, 0.1) is 5.92 Å². The van der Waals surface area contributed by atoms with Crippen molar-refractivity contribution >= 4 is 11.6 Å². The number of carbonyl (C=O) groups is 1. The van der Waals surface area contributed by atoms with Crippen LogP contribution >= 0.6 is 0 Å². The minimum atomic E-state index is -4.96. The van der Waals surface area contributed by atoms with E-state index in [1.54, 1.807) is 31.2 Å². The van der Waals surface area contributed by atoms with Crippen molar-refractivity contribution in [1.82, 2.24) is 5.01 Å². The largest absolute Gasteiger partial charge is 0.439 e. The summed E-state index contributed by atoms with van der Waals surface area (Å²) >= 11 is 0. The molecule has 2 aliphatic rings. The first kappa shape index (κ1) is 17.9. The Labute approximate surface area is 144 Å². The molecular formula is C18H21F3N2O2. The number of alkyl halides is 3. The van der Waals surface area contributed by atoms with E-state index >= 15 is 0 Å². The van der Waals surface area contributed by atoms with Crippen LogP contribution in [0.2, 0.25) is 0 Å². The molecule has 0 aromatic heterocycles. The van der Waals surface area contributed by atoms with Gasteiger partial charge in [-0.25, -0.2) is 0 Å². The standard InChI is InChI=1S/C18H21F3N2O2/c1-12-6-5-9-14-16(12)22-23(17(14,25)18(19,20)21)15(24)11-10-13-7-3-2-4-8-13/h2-4,7-8,12,14,25H,5-6,9-11H2,1H3/t12-,14+,17-/m1/s1. The number of hydrogen-bond acceptors (Lipinski definition) is 3. The lowest BCUT2D eigenvalue weighted by Crippen LogP contribution is -2.61. The summed E-state index contributed by atoms with van der Waals surface area (Å²) < 4.78 is 41.1. The monoisotopic (exact) mass is 354 g/mol. The van der Waals surface area contributed by atoms with Gasteiger partial charge in [-0.05, 0) is 30.7 Å². The fourth-order valence-electron chi connectivity index (χ4n) is 3.75. The van der Waals surface area contributed by atoms with Crippen LogP contribution in [-0.2, 0) is 11.2 Å². The molecule has 1 aliphatic heterocycles. The lowest BCUT2D eigenvalue weighted by molar-refractivity contribution is -0.317. The fraction of sp³-hybridized carbons (Fsp3) is 0.556. The van der Waals surface area contributed by atoms with Gasteiger partial charge < -0.3 is 5.11 Å². The zero-order valence-electron chi connectivity index (χ0n) is 14.0. The molecule has 0 unspecified atom stereocenters. The molecule has 0 radical (unpaired) electrons. The second-order valence-electron chi connectivity index (χ2n) is 6.82. The molecule has 1 saturated carbocycles. The molecule has 4 nitrogen and oxygen atoms in total. The molecule has 1 aliphatic carbocycles. The van der Waals surface area contributed by atoms with Gasteiger partial charge in [0.25, 0.3) is 5.72 Å². The SMILES string of the molecule is C[C@@H]1CCC[C@H]2C1=NN(C(=O)CCc1ccccc1)[C@]2(O)C(F)(F)F. The Morgan fingerprint density at radius 2 is 2.00 bits per heavy atom. The first-order valence-corrected chi connectivity index (χ1v) is 8.49. The van der Waals surface area contributed by atoms with Crippen molar-refractivity contribution < 1.29 is 23.1 Å². The molecule has 136 valence electrons. The third-order valence-electron chi connectivity index (χ3n) is 5.14. The third-order valence-corrected chi connectivity index (χ3v) is 5.14. The van der Waals surface area contributed by atoms with Gasteiger partial charge in [0, 0.05) is 12.1 Å². The van der Waals surface area contributed by atoms with E-state index in [-0.39, 0.29) is 18.8 Å². The van der Waals surface area contributed by atoms with Crippen LogP contribution in [0.3, 0.4) is 0 Å². The van der Waals surface area contributed by atoms with Crippen molar-refractivity contribution in [1.29, 1.82) is 0 Å². The van der Waals surface area contributed by atoms with Gasteiger partial charge in [-0.1, -0.05) is 43.7 Å². The molecule has 7 heteroatoms. The van der Waals surface area contributed by atoms with Crippen LogP contribution in [0.1, 0.15) is 38.2 Å². The van der Waals surface area contributed by atoms with Gasteiger partial charge in [0.2, 0.25) is 5.91 Å². The van der Waals surface area contributed by atoms with E-state index in [0.717, 1.165) is 12.0 Å². The highest BCUT2D eigenvalue weighted by atomic mass is 19.4. The van der Waals surface area contributed by atoms with E-state index in [9.17, 15) is 23.1 Å². The average molecular weight is 354 g/mol. The first-order valence-electron chi connectivity index (χ1n) is 8.49. The van der Waals surface area contributed by atoms with E-state index in [2.05, 4.69) is 5.10 Å². The molecule has 1 amide bonds. The van der Waals surface area contributed by atoms with E-state index in [1.165, 1.54) is 0 Å². The van der Waals surface area contributed by atoms with Crippen molar-refractivity contribution in [2.24, 2.45) is 16.9 Å². The molecule has 1 heterocycles. The van der Waals surface area contributed by atoms with Crippen LogP contribution in [0.25, 0.3) is 0 Å². The van der Waals surface area contributed by atoms with E-state index in [1.807, 2.05) is 6.07 Å². The minimum absolute atomic E-state index is 0.139. The minimum Gasteiger partial charge on any atom is -0.362 e. The van der Waals surface area contributed by atoms with Crippen molar-refractivity contribution in [3.8, 4) is 0 Å².